The summed E-state index contributed by atoms with van der Waals surface area (Å²) in [6.07, 6.45) is -0.148. The highest BCUT2D eigenvalue weighted by Gasteiger charge is 2.34. The van der Waals surface area contributed by atoms with Crippen LogP contribution >= 0.6 is 22.9 Å². The predicted molar refractivity (Wildman–Crippen MR) is 347 cm³/mol. The molecule has 0 bridgehead atoms. The molecular formula is C63H64ClF3N16O7S. The van der Waals surface area contributed by atoms with Gasteiger partial charge in [0.25, 0.3) is 0 Å². The molecule has 1 atom stereocenters. The number of urea groups is 2. The van der Waals surface area contributed by atoms with Crippen LogP contribution in [0.5, 0.6) is 23.0 Å². The lowest BCUT2D eigenvalue weighted by molar-refractivity contribution is -0.137. The molecule has 0 spiro atoms. The number of benzene rings is 6. The summed E-state index contributed by atoms with van der Waals surface area (Å²) in [6, 6.07) is 27.7. The number of rotatable bonds is 21. The standard InChI is InChI=1S/C63H64ClF3N16O7S/c1-80-18-21-82(22-19-80)16-6-24-88-55-33-49-43(31-53(55)87-4)58(71-36-69-49)79-62-77-47-15-12-41(29-56(47)91-62)75-59(84)72-38-9-5-8-37(26-38)50-34-83(23-20-81(50)2)17-7-25-89-54-32-48-42(30-52(54)86-3)57(70-35-68-48)78-61-76-46-14-11-40(28-51(46)90-61)74-60(85)73-39-10-13-45(64)44(27-39)63(65,66)67/h5,8-15,26-33,35-36,50H,6-7,16-25,34H2,1-4H3,(H2,72,75,84)(H2,73,74,85)(H,68,70,76,78)(H,69,71,77,79). The number of thiazole rings is 1. The van der Waals surface area contributed by atoms with Crippen molar-refractivity contribution in [2.45, 2.75) is 25.1 Å². The molecule has 1 unspecified atom stereocenters. The number of halogens is 4. The van der Waals surface area contributed by atoms with E-state index in [2.05, 4.69) is 96.6 Å². The Labute approximate surface area is 529 Å². The fourth-order valence-electron chi connectivity index (χ4n) is 10.9. The van der Waals surface area contributed by atoms with Gasteiger partial charge in [-0.25, -0.2) is 34.5 Å². The van der Waals surface area contributed by atoms with E-state index in [0.717, 1.165) is 105 Å². The minimum atomic E-state index is -4.70. The molecule has 91 heavy (non-hydrogen) atoms. The van der Waals surface area contributed by atoms with Gasteiger partial charge in [-0.15, -0.1) is 0 Å². The lowest BCUT2D eigenvalue weighted by Gasteiger charge is -2.40. The third-order valence-electron chi connectivity index (χ3n) is 15.7. The van der Waals surface area contributed by atoms with Crippen LogP contribution in [-0.4, -0.2) is 162 Å². The van der Waals surface area contributed by atoms with Crippen molar-refractivity contribution in [3.05, 3.63) is 132 Å². The maximum absolute atomic E-state index is 13.5. The van der Waals surface area contributed by atoms with Crippen molar-refractivity contribution in [1.82, 2.24) is 49.5 Å². The van der Waals surface area contributed by atoms with Crippen molar-refractivity contribution in [3.63, 3.8) is 0 Å². The molecule has 6 heterocycles. The Kier molecular flexibility index (Phi) is 18.6. The number of hydrogen-bond donors (Lipinski definition) is 6. The first kappa shape index (κ1) is 61.8. The first-order valence-corrected chi connectivity index (χ1v) is 30.5. The van der Waals surface area contributed by atoms with Crippen LogP contribution in [0.15, 0.2) is 120 Å². The van der Waals surface area contributed by atoms with Crippen LogP contribution in [0.4, 0.5) is 68.3 Å². The fourth-order valence-corrected chi connectivity index (χ4v) is 12.1. The summed E-state index contributed by atoms with van der Waals surface area (Å²) in [4.78, 5) is 63.1. The molecule has 10 aromatic rings. The number of carbonyl (C=O) groups is 2. The SMILES string of the molecule is COc1cc2c(Nc3nc4ccc(NC(=O)Nc5cccc(C6CN(CCCOc7cc8ncnc(Nc9nc%10ccc(NC(=O)Nc%11ccc(Cl)c(C(F)(F)F)c%11)cc%10o9)c8cc7OC)CCN6C)c5)cc4s3)ncnc2cc1OCCCN1CCN(C)CC1. The summed E-state index contributed by atoms with van der Waals surface area (Å²) in [5.74, 6) is 3.15. The molecule has 0 saturated carbocycles. The molecule has 23 nitrogen and oxygen atoms in total. The van der Waals surface area contributed by atoms with E-state index in [0.29, 0.717) is 97.6 Å². The van der Waals surface area contributed by atoms with Crippen molar-refractivity contribution < 1.29 is 46.1 Å². The Hall–Kier alpha value is -9.38. The average molecular weight is 1280 g/mol. The second kappa shape index (κ2) is 27.4. The summed E-state index contributed by atoms with van der Waals surface area (Å²) in [7, 11) is 7.45. The zero-order chi connectivity index (χ0) is 63.2. The number of methoxy groups -OCH3 is 2. The molecule has 2 aliphatic rings. The van der Waals surface area contributed by atoms with Gasteiger partial charge < -0.3 is 64.6 Å². The number of nitrogens with zero attached hydrogens (tertiary/aromatic N) is 10. The Bertz CT molecular complexity index is 4290. The lowest BCUT2D eigenvalue weighted by atomic mass is 10.0. The van der Waals surface area contributed by atoms with E-state index in [1.807, 2.05) is 48.5 Å². The number of likely N-dealkylation sites (N-methyl/N-ethyl adjacent to an activating group) is 2. The first-order valence-electron chi connectivity index (χ1n) is 29.3. The van der Waals surface area contributed by atoms with Gasteiger partial charge in [0.1, 0.15) is 29.8 Å². The number of alkyl halides is 3. The van der Waals surface area contributed by atoms with E-state index in [1.165, 1.54) is 36.1 Å². The minimum absolute atomic E-state index is 0.0767. The zero-order valence-electron chi connectivity index (χ0n) is 50.0. The molecule has 0 radical (unpaired) electrons. The van der Waals surface area contributed by atoms with E-state index in [1.54, 1.807) is 38.5 Å². The maximum atomic E-state index is 13.5. The van der Waals surface area contributed by atoms with Crippen LogP contribution in [0.1, 0.15) is 30.0 Å². The fraction of sp³-hybridized carbons (Fsp3) is 0.302. The van der Waals surface area contributed by atoms with Gasteiger partial charge in [-0.2, -0.15) is 18.2 Å². The largest absolute Gasteiger partial charge is 0.493 e. The van der Waals surface area contributed by atoms with E-state index >= 15 is 0 Å². The second-order valence-corrected chi connectivity index (χ2v) is 23.4. The van der Waals surface area contributed by atoms with Gasteiger partial charge in [0, 0.05) is 117 Å². The third-order valence-corrected chi connectivity index (χ3v) is 17.0. The number of oxazole rings is 1. The van der Waals surface area contributed by atoms with E-state index in [9.17, 15) is 22.8 Å². The van der Waals surface area contributed by atoms with Gasteiger partial charge in [-0.3, -0.25) is 10.2 Å². The van der Waals surface area contributed by atoms with Gasteiger partial charge in [0.2, 0.25) is 0 Å². The zero-order valence-corrected chi connectivity index (χ0v) is 51.6. The Balaban J connectivity index is 0.614. The van der Waals surface area contributed by atoms with Crippen LogP contribution in [-0.2, 0) is 6.18 Å². The quantitative estimate of drug-likeness (QED) is 0.0366. The highest BCUT2D eigenvalue weighted by molar-refractivity contribution is 7.22. The number of aromatic nitrogens is 6. The van der Waals surface area contributed by atoms with Crippen molar-refractivity contribution in [2.75, 3.05) is 132 Å². The van der Waals surface area contributed by atoms with Gasteiger partial charge in [-0.1, -0.05) is 35.1 Å². The first-order chi connectivity index (χ1) is 44.1. The number of amides is 4. The third kappa shape index (κ3) is 14.9. The normalized spacial score (nSPS) is 15.2. The summed E-state index contributed by atoms with van der Waals surface area (Å²) < 4.78 is 71.0. The topological polar surface area (TPSA) is 247 Å². The van der Waals surface area contributed by atoms with Crippen LogP contribution in [0, 0.1) is 0 Å². The number of fused-ring (bicyclic) bond motifs is 4. The minimum Gasteiger partial charge on any atom is -0.493 e. The van der Waals surface area contributed by atoms with Crippen LogP contribution < -0.4 is 50.8 Å². The number of hydrogen-bond acceptors (Lipinski definition) is 20. The monoisotopic (exact) mass is 1280 g/mol. The molecule has 28 heteroatoms. The van der Waals surface area contributed by atoms with Crippen molar-refractivity contribution in [3.8, 4) is 23.0 Å². The second-order valence-electron chi connectivity index (χ2n) is 22.0. The highest BCUT2D eigenvalue weighted by atomic mass is 35.5. The highest BCUT2D eigenvalue weighted by Crippen LogP contribution is 2.40. The number of carbonyl (C=O) groups excluding carboxylic acids is 2. The summed E-state index contributed by atoms with van der Waals surface area (Å²) >= 11 is 7.16. The number of ether oxygens (including phenoxy) is 4. The molecular weight excluding hydrogens is 1220 g/mol. The van der Waals surface area contributed by atoms with Crippen molar-refractivity contribution >= 4 is 124 Å². The van der Waals surface area contributed by atoms with Crippen LogP contribution in [0.2, 0.25) is 5.02 Å². The van der Waals surface area contributed by atoms with Crippen LogP contribution in [0.3, 0.4) is 0 Å². The lowest BCUT2D eigenvalue weighted by Crippen LogP contribution is -2.47. The molecule has 472 valence electrons. The van der Waals surface area contributed by atoms with Gasteiger partial charge >= 0.3 is 24.3 Å². The molecule has 4 aromatic heterocycles. The Morgan fingerprint density at radius 3 is 1.86 bits per heavy atom. The van der Waals surface area contributed by atoms with Crippen molar-refractivity contribution in [2.24, 2.45) is 0 Å². The Morgan fingerprint density at radius 2 is 1.21 bits per heavy atom. The van der Waals surface area contributed by atoms with Crippen molar-refractivity contribution in [1.29, 1.82) is 0 Å². The summed E-state index contributed by atoms with van der Waals surface area (Å²) in [6.45, 7) is 9.54. The molecule has 6 aromatic carbocycles. The average Bonchev–Trinajstić information content (AvgIpc) is 1.91. The molecule has 12 rings (SSSR count). The maximum Gasteiger partial charge on any atom is 0.417 e. The molecule has 0 aliphatic carbocycles. The van der Waals surface area contributed by atoms with Gasteiger partial charge in [0.15, 0.2) is 33.7 Å². The number of anilines is 8. The summed E-state index contributed by atoms with van der Waals surface area (Å²) in [5.41, 5.74) is 4.28. The van der Waals surface area contributed by atoms with E-state index in [4.69, 9.17) is 39.9 Å². The van der Waals surface area contributed by atoms with Gasteiger partial charge in [0.05, 0.1) is 59.3 Å². The molecule has 6 N–H and O–H groups in total. The predicted octanol–water partition coefficient (Wildman–Crippen LogP) is 12.6. The smallest absolute Gasteiger partial charge is 0.417 e. The molecule has 2 saturated heterocycles. The van der Waals surface area contributed by atoms with E-state index < -0.39 is 22.8 Å². The number of piperazine rings is 2. The van der Waals surface area contributed by atoms with E-state index in [-0.39, 0.29) is 23.8 Å². The molecule has 2 aliphatic heterocycles. The van der Waals surface area contributed by atoms with Crippen LogP contribution in [0.25, 0.3) is 43.1 Å². The Morgan fingerprint density at radius 1 is 0.626 bits per heavy atom. The molecule has 2 fully saturated rings. The number of nitrogens with one attached hydrogen (secondary N) is 6. The molecule has 4 amide bonds. The summed E-state index contributed by atoms with van der Waals surface area (Å²) in [5, 5.41) is 19.0. The van der Waals surface area contributed by atoms with Gasteiger partial charge in [-0.05, 0) is 105 Å².